The van der Waals surface area contributed by atoms with Gasteiger partial charge in [0.15, 0.2) is 0 Å². The van der Waals surface area contributed by atoms with Crippen LogP contribution in [0.25, 0.3) is 0 Å². The molecule has 8 heteroatoms. The molecule has 1 aliphatic heterocycles. The Morgan fingerprint density at radius 2 is 2.00 bits per heavy atom. The predicted molar refractivity (Wildman–Crippen MR) is 116 cm³/mol. The van der Waals surface area contributed by atoms with Crippen molar-refractivity contribution in [2.24, 2.45) is 0 Å². The van der Waals surface area contributed by atoms with Crippen LogP contribution in [-0.4, -0.2) is 33.8 Å². The summed E-state index contributed by atoms with van der Waals surface area (Å²) in [7, 11) is 0. The third-order valence-corrected chi connectivity index (χ3v) is 5.84. The molecule has 0 radical (unpaired) electrons. The first-order valence-corrected chi connectivity index (χ1v) is 11.0. The number of aromatic nitrogens is 1. The van der Waals surface area contributed by atoms with E-state index >= 15 is 0 Å². The van der Waals surface area contributed by atoms with Gasteiger partial charge in [0.05, 0.1) is 18.1 Å². The first kappa shape index (κ1) is 24.0. The first-order valence-electron chi connectivity index (χ1n) is 11.0. The van der Waals surface area contributed by atoms with Crippen LogP contribution in [0.4, 0.5) is 19.0 Å². The Morgan fingerprint density at radius 3 is 2.75 bits per heavy atom. The summed E-state index contributed by atoms with van der Waals surface area (Å²) in [6.07, 6.45) is -0.605. The zero-order valence-corrected chi connectivity index (χ0v) is 17.9. The van der Waals surface area contributed by atoms with E-state index in [2.05, 4.69) is 16.4 Å². The van der Waals surface area contributed by atoms with Crippen LogP contribution >= 0.6 is 0 Å². The molecule has 0 saturated heterocycles. The van der Waals surface area contributed by atoms with Gasteiger partial charge < -0.3 is 15.5 Å². The van der Waals surface area contributed by atoms with Gasteiger partial charge in [0.2, 0.25) is 0 Å². The molecule has 2 aromatic rings. The molecule has 0 amide bonds. The molecular formula is C24H29F3N2O3. The van der Waals surface area contributed by atoms with Crippen LogP contribution in [0.5, 0.6) is 0 Å². The topological polar surface area (TPSA) is 82.5 Å². The second kappa shape index (κ2) is 10.8. The van der Waals surface area contributed by atoms with E-state index in [9.17, 15) is 28.2 Å². The minimum absolute atomic E-state index is 0.106. The molecule has 3 rings (SSSR count). The standard InChI is InChI=1S/C24H29F3N2O3/c25-24(26,27)19-7-3-5-17(13-19)18(15-22(31)32)14-21(30)9-2-1-8-20-11-10-16-6-4-12-28-23(16)29-20/h3,5,7,10-11,13,18,21,30H,1-2,4,6,8-9,12,14-15H2,(H,28,29)(H,31,32)/t18-,21?/m1/s1. The van der Waals surface area contributed by atoms with Gasteiger partial charge in [-0.2, -0.15) is 13.2 Å². The molecule has 32 heavy (non-hydrogen) atoms. The number of halogens is 3. The molecule has 174 valence electrons. The second-order valence-electron chi connectivity index (χ2n) is 8.39. The fourth-order valence-electron chi connectivity index (χ4n) is 4.16. The molecule has 2 heterocycles. The number of pyridine rings is 1. The Hall–Kier alpha value is -2.61. The number of hydrogen-bond acceptors (Lipinski definition) is 4. The van der Waals surface area contributed by atoms with Gasteiger partial charge in [0.1, 0.15) is 5.82 Å². The number of benzene rings is 1. The third-order valence-electron chi connectivity index (χ3n) is 5.84. The van der Waals surface area contributed by atoms with Gasteiger partial charge in [-0.15, -0.1) is 0 Å². The highest BCUT2D eigenvalue weighted by molar-refractivity contribution is 5.68. The maximum atomic E-state index is 13.0. The Kier molecular flexibility index (Phi) is 8.12. The average Bonchev–Trinajstić information content (AvgIpc) is 2.75. The number of aryl methyl sites for hydroxylation is 2. The number of aliphatic carboxylic acids is 1. The number of carboxylic acids is 1. The first-order chi connectivity index (χ1) is 15.2. The minimum atomic E-state index is -4.50. The number of carbonyl (C=O) groups is 1. The number of carboxylic acid groups (broad SMARTS) is 1. The Labute approximate surface area is 185 Å². The Bertz CT molecular complexity index is 918. The number of fused-ring (bicyclic) bond motifs is 1. The molecule has 5 nitrogen and oxygen atoms in total. The van der Waals surface area contributed by atoms with Crippen molar-refractivity contribution in [2.45, 2.75) is 69.6 Å². The Balaban J connectivity index is 1.52. The van der Waals surface area contributed by atoms with Crippen molar-refractivity contribution in [3.63, 3.8) is 0 Å². The normalized spacial score (nSPS) is 15.5. The lowest BCUT2D eigenvalue weighted by Crippen LogP contribution is -2.16. The van der Waals surface area contributed by atoms with E-state index in [-0.39, 0.29) is 18.4 Å². The van der Waals surface area contributed by atoms with Gasteiger partial charge in [-0.1, -0.05) is 30.7 Å². The summed E-state index contributed by atoms with van der Waals surface area (Å²) in [5.41, 5.74) is 1.69. The fourth-order valence-corrected chi connectivity index (χ4v) is 4.16. The highest BCUT2D eigenvalue weighted by atomic mass is 19.4. The summed E-state index contributed by atoms with van der Waals surface area (Å²) in [5, 5.41) is 22.9. The number of aliphatic hydroxyl groups is 1. The molecule has 2 atom stereocenters. The molecule has 1 aromatic heterocycles. The number of nitrogens with one attached hydrogen (secondary N) is 1. The lowest BCUT2D eigenvalue weighted by Gasteiger charge is -2.20. The summed E-state index contributed by atoms with van der Waals surface area (Å²) >= 11 is 0. The van der Waals surface area contributed by atoms with Gasteiger partial charge in [0, 0.05) is 12.2 Å². The third kappa shape index (κ3) is 6.95. The number of alkyl halides is 3. The molecule has 0 aliphatic carbocycles. The fraction of sp³-hybridized carbons (Fsp3) is 0.500. The number of hydrogen-bond donors (Lipinski definition) is 3. The smallest absolute Gasteiger partial charge is 0.416 e. The quantitative estimate of drug-likeness (QED) is 0.435. The monoisotopic (exact) mass is 450 g/mol. The summed E-state index contributed by atoms with van der Waals surface area (Å²) < 4.78 is 39.1. The average molecular weight is 451 g/mol. The van der Waals surface area contributed by atoms with Crippen molar-refractivity contribution < 1.29 is 28.2 Å². The maximum Gasteiger partial charge on any atom is 0.416 e. The van der Waals surface area contributed by atoms with Crippen molar-refractivity contribution in [3.8, 4) is 0 Å². The molecule has 1 aromatic carbocycles. The van der Waals surface area contributed by atoms with E-state index < -0.39 is 29.7 Å². The van der Waals surface area contributed by atoms with Crippen molar-refractivity contribution >= 4 is 11.8 Å². The Morgan fingerprint density at radius 1 is 1.19 bits per heavy atom. The molecule has 0 spiro atoms. The summed E-state index contributed by atoms with van der Waals surface area (Å²) in [5.74, 6) is -0.837. The van der Waals surface area contributed by atoms with Crippen LogP contribution in [0.1, 0.15) is 66.8 Å². The van der Waals surface area contributed by atoms with Gasteiger partial charge in [-0.05, 0) is 67.7 Å². The van der Waals surface area contributed by atoms with E-state index in [0.29, 0.717) is 6.42 Å². The van der Waals surface area contributed by atoms with Crippen molar-refractivity contribution in [1.29, 1.82) is 0 Å². The lowest BCUT2D eigenvalue weighted by molar-refractivity contribution is -0.138. The van der Waals surface area contributed by atoms with E-state index in [1.165, 1.54) is 17.7 Å². The van der Waals surface area contributed by atoms with Gasteiger partial charge in [0.25, 0.3) is 0 Å². The number of anilines is 1. The largest absolute Gasteiger partial charge is 0.481 e. The van der Waals surface area contributed by atoms with E-state index in [1.807, 2.05) is 6.07 Å². The molecule has 3 N–H and O–H groups in total. The zero-order chi connectivity index (χ0) is 23.1. The SMILES string of the molecule is O=C(O)C[C@@H](CC(O)CCCCc1ccc2c(n1)NCCC2)c1cccc(C(F)(F)F)c1. The summed E-state index contributed by atoms with van der Waals surface area (Å²) in [4.78, 5) is 15.9. The van der Waals surface area contributed by atoms with Crippen molar-refractivity contribution in [3.05, 3.63) is 58.8 Å². The van der Waals surface area contributed by atoms with Crippen molar-refractivity contribution in [1.82, 2.24) is 4.98 Å². The van der Waals surface area contributed by atoms with Gasteiger partial charge in [-0.3, -0.25) is 4.79 Å². The molecule has 0 bridgehead atoms. The number of unbranched alkanes of at least 4 members (excludes halogenated alkanes) is 1. The van der Waals surface area contributed by atoms with Crippen LogP contribution in [0, 0.1) is 0 Å². The van der Waals surface area contributed by atoms with Gasteiger partial charge in [-0.25, -0.2) is 4.98 Å². The van der Waals surface area contributed by atoms with Crippen molar-refractivity contribution in [2.75, 3.05) is 11.9 Å². The van der Waals surface area contributed by atoms with E-state index in [1.54, 1.807) is 0 Å². The molecular weight excluding hydrogens is 421 g/mol. The summed E-state index contributed by atoms with van der Waals surface area (Å²) in [6.45, 7) is 0.930. The molecule has 1 aliphatic rings. The second-order valence-corrected chi connectivity index (χ2v) is 8.39. The van der Waals surface area contributed by atoms with Crippen LogP contribution in [0.15, 0.2) is 36.4 Å². The molecule has 0 fully saturated rings. The van der Waals surface area contributed by atoms with Gasteiger partial charge >= 0.3 is 12.1 Å². The zero-order valence-electron chi connectivity index (χ0n) is 17.9. The van der Waals surface area contributed by atoms with E-state index in [4.69, 9.17) is 0 Å². The van der Waals surface area contributed by atoms with Crippen LogP contribution in [0.2, 0.25) is 0 Å². The molecule has 0 saturated carbocycles. The number of nitrogens with zero attached hydrogens (tertiary/aromatic N) is 1. The minimum Gasteiger partial charge on any atom is -0.481 e. The molecule has 1 unspecified atom stereocenters. The van der Waals surface area contributed by atoms with Crippen LogP contribution < -0.4 is 5.32 Å². The number of aliphatic hydroxyl groups excluding tert-OH is 1. The highest BCUT2D eigenvalue weighted by Gasteiger charge is 2.31. The highest BCUT2D eigenvalue weighted by Crippen LogP contribution is 2.33. The predicted octanol–water partition coefficient (Wildman–Crippen LogP) is 5.18. The van der Waals surface area contributed by atoms with Crippen LogP contribution in [-0.2, 0) is 23.8 Å². The lowest BCUT2D eigenvalue weighted by atomic mass is 9.88. The number of rotatable bonds is 10. The maximum absolute atomic E-state index is 13.0. The summed E-state index contributed by atoms with van der Waals surface area (Å²) in [6, 6.07) is 8.84. The van der Waals surface area contributed by atoms with Crippen LogP contribution in [0.3, 0.4) is 0 Å². The van der Waals surface area contributed by atoms with E-state index in [0.717, 1.165) is 62.3 Å².